The summed E-state index contributed by atoms with van der Waals surface area (Å²) in [6, 6.07) is 15.5. The van der Waals surface area contributed by atoms with Crippen molar-refractivity contribution in [2.45, 2.75) is 38.0 Å². The van der Waals surface area contributed by atoms with Gasteiger partial charge in [-0.1, -0.05) is 24.3 Å². The summed E-state index contributed by atoms with van der Waals surface area (Å²) in [5.41, 5.74) is 7.85. The molecule has 9 nitrogen and oxygen atoms in total. The maximum atomic E-state index is 13.1. The molecule has 0 bridgehead atoms. The summed E-state index contributed by atoms with van der Waals surface area (Å²) in [6.45, 7) is 2.50. The summed E-state index contributed by atoms with van der Waals surface area (Å²) in [5, 5.41) is 2.87. The van der Waals surface area contributed by atoms with E-state index in [1.54, 1.807) is 19.1 Å². The van der Waals surface area contributed by atoms with Gasteiger partial charge in [0, 0.05) is 45.9 Å². The zero-order chi connectivity index (χ0) is 25.9. The molecule has 196 valence electrons. The molecule has 1 saturated heterocycles. The molecule has 0 radical (unpaired) electrons. The van der Waals surface area contributed by atoms with Crippen LogP contribution in [-0.2, 0) is 27.4 Å². The molecule has 1 unspecified atom stereocenters. The Hall–Kier alpha value is -3.14. The van der Waals surface area contributed by atoms with E-state index in [9.17, 15) is 9.59 Å². The minimum absolute atomic E-state index is 0.0509. The Labute approximate surface area is 213 Å². The second-order valence-corrected chi connectivity index (χ2v) is 8.90. The molecule has 2 aromatic rings. The Morgan fingerprint density at radius 2 is 1.75 bits per heavy atom. The van der Waals surface area contributed by atoms with E-state index in [0.29, 0.717) is 39.1 Å². The first-order chi connectivity index (χ1) is 17.5. The number of benzene rings is 2. The number of rotatable bonds is 12. The van der Waals surface area contributed by atoms with Crippen LogP contribution in [0.4, 0.5) is 0 Å². The third kappa shape index (κ3) is 7.43. The summed E-state index contributed by atoms with van der Waals surface area (Å²) in [5.74, 6) is 1.24. The van der Waals surface area contributed by atoms with E-state index in [-0.39, 0.29) is 24.5 Å². The van der Waals surface area contributed by atoms with E-state index in [1.807, 2.05) is 30.3 Å². The van der Waals surface area contributed by atoms with Gasteiger partial charge in [0.05, 0.1) is 14.2 Å². The summed E-state index contributed by atoms with van der Waals surface area (Å²) in [6.07, 6.45) is 1.27. The fourth-order valence-corrected chi connectivity index (χ4v) is 4.63. The van der Waals surface area contributed by atoms with Crippen LogP contribution in [0.2, 0.25) is 0 Å². The van der Waals surface area contributed by atoms with Crippen molar-refractivity contribution in [3.8, 4) is 11.5 Å². The van der Waals surface area contributed by atoms with Gasteiger partial charge in [0.15, 0.2) is 0 Å². The van der Waals surface area contributed by atoms with E-state index >= 15 is 0 Å². The topological polar surface area (TPSA) is 106 Å². The van der Waals surface area contributed by atoms with Crippen LogP contribution in [-0.4, -0.2) is 81.3 Å². The van der Waals surface area contributed by atoms with Crippen molar-refractivity contribution in [3.63, 3.8) is 0 Å². The van der Waals surface area contributed by atoms with Crippen molar-refractivity contribution in [2.24, 2.45) is 5.73 Å². The number of methoxy groups -OCH3 is 3. The van der Waals surface area contributed by atoms with Gasteiger partial charge in [0.1, 0.15) is 24.1 Å². The molecule has 2 aromatic carbocycles. The molecule has 2 atom stereocenters. The second kappa shape index (κ2) is 13.8. The predicted octanol–water partition coefficient (Wildman–Crippen LogP) is 1.79. The van der Waals surface area contributed by atoms with Gasteiger partial charge in [-0.2, -0.15) is 0 Å². The van der Waals surface area contributed by atoms with Crippen molar-refractivity contribution in [3.05, 3.63) is 59.7 Å². The molecule has 36 heavy (non-hydrogen) atoms. The Balaban J connectivity index is 1.86. The van der Waals surface area contributed by atoms with Gasteiger partial charge in [0.2, 0.25) is 11.8 Å². The minimum atomic E-state index is -0.582. The number of carbonyl (C=O) groups is 2. The molecule has 1 aliphatic heterocycles. The lowest BCUT2D eigenvalue weighted by atomic mass is 9.93. The van der Waals surface area contributed by atoms with E-state index in [4.69, 9.17) is 19.9 Å². The fourth-order valence-electron chi connectivity index (χ4n) is 4.63. The zero-order valence-electron chi connectivity index (χ0n) is 21.4. The van der Waals surface area contributed by atoms with Gasteiger partial charge >= 0.3 is 0 Å². The van der Waals surface area contributed by atoms with Crippen molar-refractivity contribution in [1.82, 2.24) is 15.1 Å². The molecule has 1 aliphatic rings. The molecule has 1 fully saturated rings. The molecular weight excluding hydrogens is 460 g/mol. The zero-order valence-corrected chi connectivity index (χ0v) is 21.4. The number of likely N-dealkylation sites (tertiary alicyclic amines) is 1. The van der Waals surface area contributed by atoms with Gasteiger partial charge in [-0.15, -0.1) is 0 Å². The van der Waals surface area contributed by atoms with Crippen molar-refractivity contribution in [2.75, 3.05) is 47.6 Å². The lowest BCUT2D eigenvalue weighted by Crippen LogP contribution is -2.58. The van der Waals surface area contributed by atoms with Crippen molar-refractivity contribution in [1.29, 1.82) is 0 Å². The standard InChI is InChI=1S/C27H38N4O5/c1-34-19-26(32)31-14-11-22(16-25(31)27(33)29-13-12-28)30(17-20-7-9-23(35-2)10-8-20)18-21-5-4-6-24(15-21)36-3/h4-10,15,22,25H,11-14,16-19,28H2,1-3H3,(H,29,33)/t22?,25-/m1/s1. The minimum Gasteiger partial charge on any atom is -0.497 e. The SMILES string of the molecule is COCC(=O)N1CCC(N(Cc2ccc(OC)cc2)Cc2cccc(OC)c2)C[C@@H]1C(=O)NCCN. The normalized spacial score (nSPS) is 17.6. The van der Waals surface area contributed by atoms with Gasteiger partial charge in [-0.3, -0.25) is 14.5 Å². The van der Waals surface area contributed by atoms with E-state index < -0.39 is 6.04 Å². The van der Waals surface area contributed by atoms with E-state index in [2.05, 4.69) is 28.4 Å². The van der Waals surface area contributed by atoms with Crippen LogP contribution < -0.4 is 20.5 Å². The molecule has 0 saturated carbocycles. The van der Waals surface area contributed by atoms with E-state index in [1.165, 1.54) is 7.11 Å². The number of nitrogens with two attached hydrogens (primary N) is 1. The summed E-state index contributed by atoms with van der Waals surface area (Å²) < 4.78 is 15.8. The summed E-state index contributed by atoms with van der Waals surface area (Å²) in [4.78, 5) is 29.8. The van der Waals surface area contributed by atoms with E-state index in [0.717, 1.165) is 29.0 Å². The van der Waals surface area contributed by atoms with Crippen molar-refractivity contribution >= 4 is 11.8 Å². The highest BCUT2D eigenvalue weighted by molar-refractivity contribution is 5.88. The smallest absolute Gasteiger partial charge is 0.249 e. The Kier molecular flexibility index (Phi) is 10.5. The highest BCUT2D eigenvalue weighted by Gasteiger charge is 2.38. The molecule has 0 spiro atoms. The molecule has 2 amide bonds. The highest BCUT2D eigenvalue weighted by atomic mass is 16.5. The monoisotopic (exact) mass is 498 g/mol. The van der Waals surface area contributed by atoms with Gasteiger partial charge in [-0.25, -0.2) is 0 Å². The molecule has 3 rings (SSSR count). The summed E-state index contributed by atoms with van der Waals surface area (Å²) >= 11 is 0. The molecular formula is C27H38N4O5. The van der Waals surface area contributed by atoms with Gasteiger partial charge < -0.3 is 30.2 Å². The second-order valence-electron chi connectivity index (χ2n) is 8.90. The Morgan fingerprint density at radius 3 is 2.42 bits per heavy atom. The number of piperidine rings is 1. The predicted molar refractivity (Wildman–Crippen MR) is 138 cm³/mol. The van der Waals surface area contributed by atoms with Crippen LogP contribution in [0.15, 0.2) is 48.5 Å². The first-order valence-electron chi connectivity index (χ1n) is 12.2. The number of hydrogen-bond acceptors (Lipinski definition) is 7. The number of nitrogens with one attached hydrogen (secondary N) is 1. The third-order valence-electron chi connectivity index (χ3n) is 6.49. The lowest BCUT2D eigenvalue weighted by Gasteiger charge is -2.43. The average Bonchev–Trinajstić information content (AvgIpc) is 2.91. The first-order valence-corrected chi connectivity index (χ1v) is 12.2. The molecule has 1 heterocycles. The molecule has 3 N–H and O–H groups in total. The Morgan fingerprint density at radius 1 is 1.03 bits per heavy atom. The van der Waals surface area contributed by atoms with Gasteiger partial charge in [-0.05, 0) is 48.2 Å². The van der Waals surface area contributed by atoms with Crippen LogP contribution in [0.3, 0.4) is 0 Å². The largest absolute Gasteiger partial charge is 0.497 e. The molecule has 9 heteroatoms. The fraction of sp³-hybridized carbons (Fsp3) is 0.481. The quantitative estimate of drug-likeness (QED) is 0.460. The van der Waals surface area contributed by atoms with Crippen LogP contribution in [0.5, 0.6) is 11.5 Å². The number of hydrogen-bond donors (Lipinski definition) is 2. The van der Waals surface area contributed by atoms with Crippen molar-refractivity contribution < 1.29 is 23.8 Å². The molecule has 0 aliphatic carbocycles. The Bertz CT molecular complexity index is 984. The first kappa shape index (κ1) is 27.4. The van der Waals surface area contributed by atoms with Crippen LogP contribution in [0, 0.1) is 0 Å². The summed E-state index contributed by atoms with van der Waals surface area (Å²) in [7, 11) is 4.79. The number of carbonyl (C=O) groups excluding carboxylic acids is 2. The van der Waals surface area contributed by atoms with Crippen LogP contribution in [0.25, 0.3) is 0 Å². The van der Waals surface area contributed by atoms with Gasteiger partial charge in [0.25, 0.3) is 0 Å². The number of ether oxygens (including phenoxy) is 3. The van der Waals surface area contributed by atoms with Crippen LogP contribution in [0.1, 0.15) is 24.0 Å². The lowest BCUT2D eigenvalue weighted by molar-refractivity contribution is -0.146. The maximum absolute atomic E-state index is 13.1. The molecule has 0 aromatic heterocycles. The third-order valence-corrected chi connectivity index (χ3v) is 6.49. The van der Waals surface area contributed by atoms with Crippen LogP contribution >= 0.6 is 0 Å². The highest BCUT2D eigenvalue weighted by Crippen LogP contribution is 2.27. The maximum Gasteiger partial charge on any atom is 0.249 e. The number of amides is 2. The average molecular weight is 499 g/mol. The number of nitrogens with zero attached hydrogens (tertiary/aromatic N) is 2.